The van der Waals surface area contributed by atoms with Crippen LogP contribution >= 0.6 is 11.3 Å². The van der Waals surface area contributed by atoms with Crippen molar-refractivity contribution in [1.29, 1.82) is 0 Å². The maximum atomic E-state index is 12.5. The Kier molecular flexibility index (Phi) is 5.33. The predicted molar refractivity (Wildman–Crippen MR) is 99.0 cm³/mol. The third kappa shape index (κ3) is 3.99. The van der Waals surface area contributed by atoms with Gasteiger partial charge in [0.2, 0.25) is 5.91 Å². The first kappa shape index (κ1) is 17.4. The van der Waals surface area contributed by atoms with E-state index in [1.807, 2.05) is 4.90 Å². The number of nitro groups is 1. The summed E-state index contributed by atoms with van der Waals surface area (Å²) in [5.41, 5.74) is 2.19. The molecule has 1 N–H and O–H groups in total. The lowest BCUT2D eigenvalue weighted by Crippen LogP contribution is -2.38. The highest BCUT2D eigenvalue weighted by Gasteiger charge is 2.27. The molecule has 0 spiro atoms. The summed E-state index contributed by atoms with van der Waals surface area (Å²) in [6.07, 6.45) is 2.18. The van der Waals surface area contributed by atoms with Gasteiger partial charge in [0.1, 0.15) is 0 Å². The van der Waals surface area contributed by atoms with E-state index in [4.69, 9.17) is 0 Å². The smallest absolute Gasteiger partial charge is 0.269 e. The zero-order chi connectivity index (χ0) is 17.8. The van der Waals surface area contributed by atoms with Crippen molar-refractivity contribution in [3.8, 4) is 0 Å². The van der Waals surface area contributed by atoms with E-state index in [2.05, 4.69) is 23.7 Å². The van der Waals surface area contributed by atoms with Gasteiger partial charge in [-0.2, -0.15) is 0 Å². The molecule has 1 aliphatic heterocycles. The Hall–Kier alpha value is -2.41. The number of nitro benzene ring substituents is 1. The number of amides is 1. The number of carbonyl (C=O) groups is 1. The van der Waals surface area contributed by atoms with Crippen molar-refractivity contribution in [2.75, 3.05) is 18.4 Å². The molecular weight excluding hydrogens is 338 g/mol. The van der Waals surface area contributed by atoms with E-state index in [1.54, 1.807) is 23.5 Å². The molecule has 1 aromatic carbocycles. The number of anilines is 1. The van der Waals surface area contributed by atoms with Crippen LogP contribution in [0.4, 0.5) is 11.4 Å². The van der Waals surface area contributed by atoms with Gasteiger partial charge in [0.25, 0.3) is 5.69 Å². The van der Waals surface area contributed by atoms with E-state index in [9.17, 15) is 14.9 Å². The molecule has 1 unspecified atom stereocenters. The first-order valence-corrected chi connectivity index (χ1v) is 9.28. The predicted octanol–water partition coefficient (Wildman–Crippen LogP) is 3.99. The minimum absolute atomic E-state index is 0.0765. The molecule has 1 amide bonds. The maximum Gasteiger partial charge on any atom is 0.269 e. The fourth-order valence-corrected chi connectivity index (χ4v) is 4.13. The van der Waals surface area contributed by atoms with Crippen molar-refractivity contribution >= 4 is 28.6 Å². The summed E-state index contributed by atoms with van der Waals surface area (Å²) >= 11 is 1.77. The molecule has 0 radical (unpaired) electrons. The number of thiophene rings is 1. The van der Waals surface area contributed by atoms with Crippen LogP contribution in [0.5, 0.6) is 0 Å². The second-order valence-corrected chi connectivity index (χ2v) is 7.15. The summed E-state index contributed by atoms with van der Waals surface area (Å²) in [5, 5.41) is 15.9. The Labute approximate surface area is 150 Å². The first-order chi connectivity index (χ1) is 12.1. The second-order valence-electron chi connectivity index (χ2n) is 6.15. The number of non-ortho nitro benzene ring substituents is 1. The fourth-order valence-electron chi connectivity index (χ4n) is 3.17. The Morgan fingerprint density at radius 2 is 2.12 bits per heavy atom. The molecular formula is C18H21N3O3S. The molecule has 2 aromatic rings. The van der Waals surface area contributed by atoms with Gasteiger partial charge in [-0.3, -0.25) is 14.9 Å². The molecule has 0 aliphatic carbocycles. The van der Waals surface area contributed by atoms with Gasteiger partial charge in [-0.05, 0) is 48.9 Å². The van der Waals surface area contributed by atoms with Gasteiger partial charge in [-0.25, -0.2) is 0 Å². The molecule has 0 saturated heterocycles. The lowest BCUT2D eigenvalue weighted by molar-refractivity contribution is -0.384. The molecule has 2 heterocycles. The van der Waals surface area contributed by atoms with Gasteiger partial charge < -0.3 is 10.2 Å². The number of fused-ring (bicyclic) bond motifs is 1. The number of benzene rings is 1. The second kappa shape index (κ2) is 7.65. The average Bonchev–Trinajstić information content (AvgIpc) is 3.09. The standard InChI is InChI=1S/C18H21N3O3S/c1-13-16-9-12-25-17(16)8-11-20(13)18(22)3-2-10-19-14-4-6-15(7-5-14)21(23)24/h4-7,9,12-13,19H,2-3,8,10-11H2,1H3. The number of rotatable bonds is 6. The van der Waals surface area contributed by atoms with Gasteiger partial charge in [-0.1, -0.05) is 0 Å². The summed E-state index contributed by atoms with van der Waals surface area (Å²) in [5.74, 6) is 0.190. The Balaban J connectivity index is 1.44. The van der Waals surface area contributed by atoms with Gasteiger partial charge in [0, 0.05) is 42.2 Å². The molecule has 1 atom stereocenters. The number of nitrogens with zero attached hydrogens (tertiary/aromatic N) is 2. The van der Waals surface area contributed by atoms with Gasteiger partial charge in [0.05, 0.1) is 11.0 Å². The topological polar surface area (TPSA) is 75.5 Å². The van der Waals surface area contributed by atoms with E-state index >= 15 is 0 Å². The molecule has 7 heteroatoms. The number of hydrogen-bond donors (Lipinski definition) is 1. The van der Waals surface area contributed by atoms with Gasteiger partial charge in [0.15, 0.2) is 0 Å². The molecule has 1 aromatic heterocycles. The minimum atomic E-state index is -0.416. The highest BCUT2D eigenvalue weighted by molar-refractivity contribution is 7.10. The van der Waals surface area contributed by atoms with E-state index in [0.717, 1.165) is 25.1 Å². The third-order valence-electron chi connectivity index (χ3n) is 4.57. The van der Waals surface area contributed by atoms with E-state index in [-0.39, 0.29) is 17.6 Å². The van der Waals surface area contributed by atoms with Crippen molar-refractivity contribution in [2.24, 2.45) is 0 Å². The van der Waals surface area contributed by atoms with Crippen LogP contribution in [0.15, 0.2) is 35.7 Å². The summed E-state index contributed by atoms with van der Waals surface area (Å²) in [6, 6.07) is 8.60. The lowest BCUT2D eigenvalue weighted by Gasteiger charge is -2.33. The van der Waals surface area contributed by atoms with Crippen molar-refractivity contribution in [3.63, 3.8) is 0 Å². The zero-order valence-corrected chi connectivity index (χ0v) is 14.9. The third-order valence-corrected chi connectivity index (χ3v) is 5.57. The highest BCUT2D eigenvalue weighted by Crippen LogP contribution is 2.33. The number of hydrogen-bond acceptors (Lipinski definition) is 5. The van der Waals surface area contributed by atoms with Gasteiger partial charge >= 0.3 is 0 Å². The lowest BCUT2D eigenvalue weighted by atomic mass is 10.0. The van der Waals surface area contributed by atoms with Crippen LogP contribution in [0.1, 0.15) is 36.2 Å². The van der Waals surface area contributed by atoms with Crippen LogP contribution < -0.4 is 5.32 Å². The van der Waals surface area contributed by atoms with Crippen LogP contribution in [-0.2, 0) is 11.2 Å². The zero-order valence-electron chi connectivity index (χ0n) is 14.1. The quantitative estimate of drug-likeness (QED) is 0.481. The van der Waals surface area contributed by atoms with Crippen LogP contribution in [-0.4, -0.2) is 28.8 Å². The maximum absolute atomic E-state index is 12.5. The van der Waals surface area contributed by atoms with Gasteiger partial charge in [-0.15, -0.1) is 11.3 Å². The molecule has 0 fully saturated rings. The Morgan fingerprint density at radius 1 is 1.36 bits per heavy atom. The van der Waals surface area contributed by atoms with Crippen molar-refractivity contribution in [2.45, 2.75) is 32.2 Å². The molecule has 6 nitrogen and oxygen atoms in total. The van der Waals surface area contributed by atoms with Crippen LogP contribution in [0.3, 0.4) is 0 Å². The van der Waals surface area contributed by atoms with Crippen LogP contribution in [0.2, 0.25) is 0 Å². The average molecular weight is 359 g/mol. The summed E-state index contributed by atoms with van der Waals surface area (Å²) in [6.45, 7) is 3.55. The number of carbonyl (C=O) groups excluding carboxylic acids is 1. The number of nitrogens with one attached hydrogen (secondary N) is 1. The van der Waals surface area contributed by atoms with E-state index in [0.29, 0.717) is 13.0 Å². The normalized spacial score (nSPS) is 16.4. The summed E-state index contributed by atoms with van der Waals surface area (Å²) in [4.78, 5) is 26.1. The summed E-state index contributed by atoms with van der Waals surface area (Å²) < 4.78 is 0. The molecule has 0 bridgehead atoms. The molecule has 25 heavy (non-hydrogen) atoms. The summed E-state index contributed by atoms with van der Waals surface area (Å²) in [7, 11) is 0. The molecule has 1 aliphatic rings. The monoisotopic (exact) mass is 359 g/mol. The molecule has 132 valence electrons. The largest absolute Gasteiger partial charge is 0.385 e. The molecule has 0 saturated carbocycles. The van der Waals surface area contributed by atoms with E-state index < -0.39 is 4.92 Å². The van der Waals surface area contributed by atoms with Crippen LogP contribution in [0, 0.1) is 10.1 Å². The fraction of sp³-hybridized carbons (Fsp3) is 0.389. The Morgan fingerprint density at radius 3 is 2.84 bits per heavy atom. The first-order valence-electron chi connectivity index (χ1n) is 8.40. The van der Waals surface area contributed by atoms with Crippen molar-refractivity contribution < 1.29 is 9.72 Å². The van der Waals surface area contributed by atoms with Crippen LogP contribution in [0.25, 0.3) is 0 Å². The molecule has 3 rings (SSSR count). The highest BCUT2D eigenvalue weighted by atomic mass is 32.1. The van der Waals surface area contributed by atoms with Crippen molar-refractivity contribution in [3.05, 3.63) is 56.3 Å². The minimum Gasteiger partial charge on any atom is -0.385 e. The van der Waals surface area contributed by atoms with E-state index in [1.165, 1.54) is 22.6 Å². The Bertz CT molecular complexity index is 757. The SMILES string of the molecule is CC1c2ccsc2CCN1C(=O)CCCNc1ccc([N+](=O)[O-])cc1. The van der Waals surface area contributed by atoms with Crippen molar-refractivity contribution in [1.82, 2.24) is 4.90 Å².